The van der Waals surface area contributed by atoms with Crippen LogP contribution in [0.2, 0.25) is 10.0 Å². The number of rotatable bonds is 6. The molecule has 0 radical (unpaired) electrons. The van der Waals surface area contributed by atoms with Crippen LogP contribution in [0, 0.1) is 0 Å². The second-order valence-corrected chi connectivity index (χ2v) is 6.68. The van der Waals surface area contributed by atoms with Crippen molar-refractivity contribution >= 4 is 39.2 Å². The van der Waals surface area contributed by atoms with Gasteiger partial charge in [-0.2, -0.15) is 4.72 Å². The summed E-state index contributed by atoms with van der Waals surface area (Å²) in [7, 11) is -4.14. The number of benzene rings is 1. The molecule has 0 aliphatic heterocycles. The number of hydrogen-bond donors (Lipinski definition) is 2. The van der Waals surface area contributed by atoms with Crippen LogP contribution >= 0.6 is 23.2 Å². The van der Waals surface area contributed by atoms with Crippen molar-refractivity contribution in [2.24, 2.45) is 0 Å². The van der Waals surface area contributed by atoms with Crippen LogP contribution < -0.4 is 4.72 Å². The van der Waals surface area contributed by atoms with E-state index in [9.17, 15) is 18.3 Å². The van der Waals surface area contributed by atoms with Gasteiger partial charge in [-0.1, -0.05) is 43.1 Å². The van der Waals surface area contributed by atoms with E-state index in [-0.39, 0.29) is 27.8 Å². The zero-order valence-electron chi connectivity index (χ0n) is 11.0. The molecule has 1 rings (SSSR count). The summed E-state index contributed by atoms with van der Waals surface area (Å²) < 4.78 is 26.9. The third-order valence-corrected chi connectivity index (χ3v) is 5.62. The van der Waals surface area contributed by atoms with Crippen molar-refractivity contribution in [3.63, 3.8) is 0 Å². The van der Waals surface area contributed by atoms with Gasteiger partial charge in [0.15, 0.2) is 0 Å². The van der Waals surface area contributed by atoms with Gasteiger partial charge < -0.3 is 5.11 Å². The molecule has 0 amide bonds. The molecular weight excluding hydrogens is 325 g/mol. The Morgan fingerprint density at radius 2 is 1.70 bits per heavy atom. The SMILES string of the molecule is CCC(CC)(NS(=O)(=O)c1c(Cl)cccc1Cl)C(=O)O. The molecule has 0 saturated carbocycles. The maximum absolute atomic E-state index is 12.4. The highest BCUT2D eigenvalue weighted by Gasteiger charge is 2.40. The van der Waals surface area contributed by atoms with Gasteiger partial charge >= 0.3 is 5.97 Å². The first-order valence-corrected chi connectivity index (χ1v) is 8.15. The lowest BCUT2D eigenvalue weighted by atomic mass is 9.95. The third-order valence-electron chi connectivity index (χ3n) is 3.13. The van der Waals surface area contributed by atoms with Crippen molar-refractivity contribution in [1.29, 1.82) is 0 Å². The summed E-state index contributed by atoms with van der Waals surface area (Å²) in [6.07, 6.45) is 0.195. The second kappa shape index (κ2) is 6.30. The lowest BCUT2D eigenvalue weighted by molar-refractivity contribution is -0.144. The van der Waals surface area contributed by atoms with Crippen LogP contribution in [0.15, 0.2) is 23.1 Å². The molecule has 0 spiro atoms. The summed E-state index contributed by atoms with van der Waals surface area (Å²) in [6.45, 7) is 3.18. The van der Waals surface area contributed by atoms with E-state index in [1.807, 2.05) is 0 Å². The van der Waals surface area contributed by atoms with E-state index in [1.165, 1.54) is 18.2 Å². The highest BCUT2D eigenvalue weighted by molar-refractivity contribution is 7.89. The first-order valence-electron chi connectivity index (χ1n) is 5.91. The van der Waals surface area contributed by atoms with E-state index in [0.717, 1.165) is 0 Å². The predicted molar refractivity (Wildman–Crippen MR) is 77.7 cm³/mol. The number of carbonyl (C=O) groups is 1. The fourth-order valence-electron chi connectivity index (χ4n) is 1.79. The summed E-state index contributed by atoms with van der Waals surface area (Å²) in [4.78, 5) is 11.1. The summed E-state index contributed by atoms with van der Waals surface area (Å²) in [5.74, 6) is -1.24. The number of halogens is 2. The topological polar surface area (TPSA) is 83.5 Å². The van der Waals surface area contributed by atoms with Gasteiger partial charge in [0.05, 0.1) is 10.0 Å². The molecule has 0 atom stereocenters. The minimum atomic E-state index is -4.14. The molecule has 1 aromatic rings. The van der Waals surface area contributed by atoms with E-state index >= 15 is 0 Å². The van der Waals surface area contributed by atoms with E-state index in [0.29, 0.717) is 0 Å². The summed E-state index contributed by atoms with van der Waals surface area (Å²) in [5.41, 5.74) is -1.58. The average molecular weight is 340 g/mol. The molecule has 8 heteroatoms. The fourth-order valence-corrected chi connectivity index (χ4v) is 4.44. The molecule has 0 aliphatic rings. The highest BCUT2D eigenvalue weighted by Crippen LogP contribution is 2.30. The van der Waals surface area contributed by atoms with Crippen LogP contribution in [-0.2, 0) is 14.8 Å². The minimum absolute atomic E-state index is 0.0588. The molecule has 1 aromatic carbocycles. The number of hydrogen-bond acceptors (Lipinski definition) is 3. The van der Waals surface area contributed by atoms with Crippen LogP contribution in [0.5, 0.6) is 0 Å². The smallest absolute Gasteiger partial charge is 0.324 e. The zero-order chi connectivity index (χ0) is 15.6. The number of sulfonamides is 1. The van der Waals surface area contributed by atoms with Gasteiger partial charge in [-0.05, 0) is 25.0 Å². The number of carboxylic acid groups (broad SMARTS) is 1. The molecule has 2 N–H and O–H groups in total. The van der Waals surface area contributed by atoms with Crippen molar-refractivity contribution in [1.82, 2.24) is 4.72 Å². The predicted octanol–water partition coefficient (Wildman–Crippen LogP) is 2.92. The van der Waals surface area contributed by atoms with E-state index < -0.39 is 21.5 Å². The Morgan fingerprint density at radius 1 is 1.25 bits per heavy atom. The molecule has 0 saturated heterocycles. The number of carboxylic acids is 1. The molecule has 0 heterocycles. The third kappa shape index (κ3) is 3.25. The van der Waals surface area contributed by atoms with E-state index in [2.05, 4.69) is 4.72 Å². The van der Waals surface area contributed by atoms with Crippen molar-refractivity contribution in [2.75, 3.05) is 0 Å². The quantitative estimate of drug-likeness (QED) is 0.834. The monoisotopic (exact) mass is 339 g/mol. The van der Waals surface area contributed by atoms with Gasteiger partial charge in [-0.25, -0.2) is 8.42 Å². The van der Waals surface area contributed by atoms with E-state index in [4.69, 9.17) is 23.2 Å². The van der Waals surface area contributed by atoms with Crippen LogP contribution in [0.4, 0.5) is 0 Å². The number of aliphatic carboxylic acids is 1. The van der Waals surface area contributed by atoms with Crippen molar-refractivity contribution < 1.29 is 18.3 Å². The molecule has 20 heavy (non-hydrogen) atoms. The van der Waals surface area contributed by atoms with E-state index in [1.54, 1.807) is 13.8 Å². The Hall–Kier alpha value is -0.820. The van der Waals surface area contributed by atoms with Gasteiger partial charge in [-0.3, -0.25) is 4.79 Å². The van der Waals surface area contributed by atoms with Gasteiger partial charge in [0, 0.05) is 0 Å². The molecule has 0 aliphatic carbocycles. The zero-order valence-corrected chi connectivity index (χ0v) is 13.3. The van der Waals surface area contributed by atoms with Gasteiger partial charge in [0.2, 0.25) is 10.0 Å². The molecular formula is C12H15Cl2NO4S. The first kappa shape index (κ1) is 17.2. The van der Waals surface area contributed by atoms with Crippen LogP contribution in [0.3, 0.4) is 0 Å². The standard InChI is InChI=1S/C12H15Cl2NO4S/c1-3-12(4-2,11(16)17)15-20(18,19)10-8(13)6-5-7-9(10)14/h5-7,15H,3-4H2,1-2H3,(H,16,17). The Labute approximate surface area is 127 Å². The Balaban J connectivity index is 3.35. The molecule has 0 bridgehead atoms. The molecule has 112 valence electrons. The average Bonchev–Trinajstić information content (AvgIpc) is 2.35. The number of nitrogens with one attached hydrogen (secondary N) is 1. The lowest BCUT2D eigenvalue weighted by Gasteiger charge is -2.28. The lowest BCUT2D eigenvalue weighted by Crippen LogP contribution is -2.53. The maximum atomic E-state index is 12.4. The first-order chi connectivity index (χ1) is 9.20. The summed E-state index contributed by atoms with van der Waals surface area (Å²) in [6, 6.07) is 4.26. The van der Waals surface area contributed by atoms with Crippen molar-refractivity contribution in [3.05, 3.63) is 28.2 Å². The van der Waals surface area contributed by atoms with Gasteiger partial charge in [-0.15, -0.1) is 0 Å². The van der Waals surface area contributed by atoms with Gasteiger partial charge in [0.25, 0.3) is 0 Å². The molecule has 0 aromatic heterocycles. The van der Waals surface area contributed by atoms with Crippen LogP contribution in [-0.4, -0.2) is 25.0 Å². The van der Waals surface area contributed by atoms with Crippen molar-refractivity contribution in [3.8, 4) is 0 Å². The van der Waals surface area contributed by atoms with Crippen LogP contribution in [0.25, 0.3) is 0 Å². The van der Waals surface area contributed by atoms with Gasteiger partial charge in [0.1, 0.15) is 10.4 Å². The minimum Gasteiger partial charge on any atom is -0.480 e. The normalized spacial score (nSPS) is 12.4. The largest absolute Gasteiger partial charge is 0.480 e. The molecule has 0 unspecified atom stereocenters. The maximum Gasteiger partial charge on any atom is 0.324 e. The highest BCUT2D eigenvalue weighted by atomic mass is 35.5. The Kier molecular flexibility index (Phi) is 5.43. The molecule has 5 nitrogen and oxygen atoms in total. The Bertz CT molecular complexity index is 592. The fraction of sp³-hybridized carbons (Fsp3) is 0.417. The summed E-state index contributed by atoms with van der Waals surface area (Å²) >= 11 is 11.7. The van der Waals surface area contributed by atoms with Crippen molar-refractivity contribution in [2.45, 2.75) is 37.1 Å². The van der Waals surface area contributed by atoms with Crippen LogP contribution in [0.1, 0.15) is 26.7 Å². The second-order valence-electron chi connectivity index (χ2n) is 4.25. The molecule has 0 fully saturated rings. The summed E-state index contributed by atoms with van der Waals surface area (Å²) in [5, 5.41) is 9.16. The Morgan fingerprint density at radius 3 is 2.05 bits per heavy atom.